The third kappa shape index (κ3) is 4.30. The van der Waals surface area contributed by atoms with Crippen LogP contribution in [0, 0.1) is 0 Å². The van der Waals surface area contributed by atoms with Gasteiger partial charge in [-0.2, -0.15) is 13.2 Å². The number of hydrogen-bond donors (Lipinski definition) is 1. The van der Waals surface area contributed by atoms with Crippen molar-refractivity contribution in [2.45, 2.75) is 36.5 Å². The average Bonchev–Trinajstić information content (AvgIpc) is 3.35. The lowest BCUT2D eigenvalue weighted by atomic mass is 10.2. The minimum Gasteiger partial charge on any atom is -0.320 e. The molecule has 0 fully saturated rings. The molecule has 32 heavy (non-hydrogen) atoms. The molecule has 0 radical (unpaired) electrons. The molecule has 1 aromatic carbocycles. The number of benzene rings is 1. The number of carbonyl (C=O) groups is 1. The Kier molecular flexibility index (Phi) is 6.11. The van der Waals surface area contributed by atoms with E-state index in [0.717, 1.165) is 22.7 Å². The molecular weight excluding hydrogens is 463 g/mol. The molecule has 13 heteroatoms. The smallest absolute Gasteiger partial charge is 0.320 e. The largest absolute Gasteiger partial charge is 0.445 e. The second-order valence-corrected chi connectivity index (χ2v) is 8.74. The van der Waals surface area contributed by atoms with Crippen LogP contribution < -0.4 is 5.32 Å². The van der Waals surface area contributed by atoms with Gasteiger partial charge in [0.25, 0.3) is 0 Å². The number of alkyl halides is 3. The molecule has 3 aromatic heterocycles. The van der Waals surface area contributed by atoms with Gasteiger partial charge in [0.2, 0.25) is 21.2 Å². The van der Waals surface area contributed by atoms with Crippen molar-refractivity contribution in [3.05, 3.63) is 41.9 Å². The van der Waals surface area contributed by atoms with Gasteiger partial charge in [-0.05, 0) is 12.5 Å². The summed E-state index contributed by atoms with van der Waals surface area (Å²) in [6.07, 6.45) is -2.47. The number of para-hydroxylation sites is 1. The zero-order valence-electron chi connectivity index (χ0n) is 16.6. The van der Waals surface area contributed by atoms with E-state index in [9.17, 15) is 18.0 Å². The Morgan fingerprint density at radius 2 is 2.06 bits per heavy atom. The van der Waals surface area contributed by atoms with Crippen molar-refractivity contribution in [1.29, 1.82) is 0 Å². The molecule has 0 spiro atoms. The van der Waals surface area contributed by atoms with Gasteiger partial charge in [-0.25, -0.2) is 4.98 Å². The number of nitrogens with one attached hydrogen (secondary N) is 1. The fourth-order valence-electron chi connectivity index (χ4n) is 3.08. The highest BCUT2D eigenvalue weighted by Gasteiger charge is 2.36. The van der Waals surface area contributed by atoms with Crippen LogP contribution in [0.5, 0.6) is 0 Å². The van der Waals surface area contributed by atoms with Crippen molar-refractivity contribution in [1.82, 2.24) is 29.9 Å². The summed E-state index contributed by atoms with van der Waals surface area (Å²) in [5.74, 6) is -0.516. The number of allylic oxidation sites excluding steroid dienone is 1. The number of carbonyl (C=O) groups excluding carboxylic acids is 1. The SMILES string of the molecule is C=CCn1c2ccccc2c2nnc(S[C@@H](CC)C(=O)Nc3nnc(C(F)(F)F)s3)nc21. The Morgan fingerprint density at radius 1 is 1.28 bits per heavy atom. The van der Waals surface area contributed by atoms with Crippen LogP contribution in [0.4, 0.5) is 18.3 Å². The van der Waals surface area contributed by atoms with E-state index in [1.54, 1.807) is 13.0 Å². The highest BCUT2D eigenvalue weighted by Crippen LogP contribution is 2.34. The van der Waals surface area contributed by atoms with Crippen LogP contribution in [-0.2, 0) is 17.5 Å². The minimum atomic E-state index is -4.61. The first-order valence-corrected chi connectivity index (χ1v) is 11.1. The molecule has 1 N–H and O–H groups in total. The van der Waals surface area contributed by atoms with Crippen molar-refractivity contribution in [3.63, 3.8) is 0 Å². The molecule has 4 rings (SSSR count). The number of amides is 1. The number of anilines is 1. The maximum Gasteiger partial charge on any atom is 0.445 e. The normalized spacial score (nSPS) is 12.9. The van der Waals surface area contributed by atoms with Crippen LogP contribution >= 0.6 is 23.1 Å². The first-order valence-electron chi connectivity index (χ1n) is 9.42. The van der Waals surface area contributed by atoms with Crippen molar-refractivity contribution < 1.29 is 18.0 Å². The molecule has 8 nitrogen and oxygen atoms in total. The van der Waals surface area contributed by atoms with E-state index in [-0.39, 0.29) is 21.6 Å². The average molecular weight is 480 g/mol. The lowest BCUT2D eigenvalue weighted by molar-refractivity contribution is -0.138. The molecule has 0 aliphatic heterocycles. The van der Waals surface area contributed by atoms with Gasteiger partial charge in [-0.3, -0.25) is 10.1 Å². The van der Waals surface area contributed by atoms with Gasteiger partial charge < -0.3 is 4.57 Å². The van der Waals surface area contributed by atoms with Gasteiger partial charge in [-0.15, -0.1) is 27.0 Å². The molecule has 166 valence electrons. The van der Waals surface area contributed by atoms with Gasteiger partial charge >= 0.3 is 6.18 Å². The fraction of sp³-hybridized carbons (Fsp3) is 0.263. The van der Waals surface area contributed by atoms with Crippen LogP contribution in [0.1, 0.15) is 18.4 Å². The van der Waals surface area contributed by atoms with Gasteiger partial charge in [0.15, 0.2) is 5.65 Å². The number of thioether (sulfide) groups is 1. The third-order valence-corrected chi connectivity index (χ3v) is 6.57. The highest BCUT2D eigenvalue weighted by molar-refractivity contribution is 8.00. The lowest BCUT2D eigenvalue weighted by Crippen LogP contribution is -2.24. The van der Waals surface area contributed by atoms with Crippen LogP contribution in [0.15, 0.2) is 42.1 Å². The molecule has 1 atom stereocenters. The molecule has 1 amide bonds. The predicted molar refractivity (Wildman–Crippen MR) is 117 cm³/mol. The Labute approximate surface area is 188 Å². The Balaban J connectivity index is 1.59. The third-order valence-electron chi connectivity index (χ3n) is 4.47. The molecule has 0 saturated heterocycles. The summed E-state index contributed by atoms with van der Waals surface area (Å²) in [7, 11) is 0. The molecule has 3 heterocycles. The summed E-state index contributed by atoms with van der Waals surface area (Å²) in [6.45, 7) is 6.08. The second kappa shape index (κ2) is 8.82. The van der Waals surface area contributed by atoms with Crippen molar-refractivity contribution in [2.24, 2.45) is 0 Å². The minimum absolute atomic E-state index is 0.220. The molecule has 0 saturated carbocycles. The quantitative estimate of drug-likeness (QED) is 0.307. The van der Waals surface area contributed by atoms with Crippen molar-refractivity contribution >= 4 is 56.2 Å². The first-order chi connectivity index (χ1) is 15.3. The van der Waals surface area contributed by atoms with Crippen molar-refractivity contribution in [3.8, 4) is 0 Å². The predicted octanol–water partition coefficient (Wildman–Crippen LogP) is 4.55. The Hall–Kier alpha value is -3.06. The van der Waals surface area contributed by atoms with Crippen LogP contribution in [0.2, 0.25) is 0 Å². The second-order valence-electron chi connectivity index (χ2n) is 6.60. The summed E-state index contributed by atoms with van der Waals surface area (Å²) in [5, 5.41) is 16.5. The number of aromatic nitrogens is 6. The van der Waals surface area contributed by atoms with E-state index in [4.69, 9.17) is 0 Å². The van der Waals surface area contributed by atoms with Crippen LogP contribution in [-0.4, -0.2) is 41.1 Å². The molecule has 0 aliphatic carbocycles. The zero-order valence-corrected chi connectivity index (χ0v) is 18.3. The Bertz CT molecular complexity index is 1300. The van der Waals surface area contributed by atoms with E-state index in [0.29, 0.717) is 24.1 Å². The van der Waals surface area contributed by atoms with Gasteiger partial charge in [0.05, 0.1) is 10.8 Å². The maximum absolute atomic E-state index is 12.7. The van der Waals surface area contributed by atoms with E-state index in [1.165, 1.54) is 0 Å². The zero-order chi connectivity index (χ0) is 22.9. The molecule has 0 aliphatic rings. The Morgan fingerprint density at radius 3 is 2.75 bits per heavy atom. The van der Waals surface area contributed by atoms with E-state index < -0.39 is 22.3 Å². The number of nitrogens with zero attached hydrogens (tertiary/aromatic N) is 6. The standard InChI is InChI=1S/C19H16F3N7OS2/c1-3-9-29-11-8-6-5-7-10(11)13-14(29)23-17(27-25-13)31-12(4-2)15(30)24-18-28-26-16(32-18)19(20,21)22/h3,5-8,12H,1,4,9H2,2H3,(H,24,28,30)/t12-/m0/s1. The van der Waals surface area contributed by atoms with Crippen LogP contribution in [0.3, 0.4) is 0 Å². The van der Waals surface area contributed by atoms with E-state index in [2.05, 4.69) is 37.3 Å². The monoisotopic (exact) mass is 479 g/mol. The summed E-state index contributed by atoms with van der Waals surface area (Å²) < 4.78 is 40.1. The molecule has 0 bridgehead atoms. The summed E-state index contributed by atoms with van der Waals surface area (Å²) in [5.41, 5.74) is 2.18. The van der Waals surface area contributed by atoms with Crippen LogP contribution in [0.25, 0.3) is 22.1 Å². The van der Waals surface area contributed by atoms with E-state index >= 15 is 0 Å². The van der Waals surface area contributed by atoms with Gasteiger partial charge in [0.1, 0.15) is 5.52 Å². The van der Waals surface area contributed by atoms with Gasteiger partial charge in [-0.1, -0.05) is 54.3 Å². The maximum atomic E-state index is 12.7. The molecule has 4 aromatic rings. The topological polar surface area (TPSA) is 98.5 Å². The van der Waals surface area contributed by atoms with E-state index in [1.807, 2.05) is 28.8 Å². The number of fused-ring (bicyclic) bond motifs is 3. The number of rotatable bonds is 7. The molecule has 0 unspecified atom stereocenters. The fourth-order valence-corrected chi connectivity index (χ4v) is 4.50. The first kappa shape index (κ1) is 22.1. The summed E-state index contributed by atoms with van der Waals surface area (Å²) in [4.78, 5) is 17.2. The van der Waals surface area contributed by atoms with Crippen molar-refractivity contribution in [2.75, 3.05) is 5.32 Å². The van der Waals surface area contributed by atoms with Gasteiger partial charge in [0, 0.05) is 11.9 Å². The molecular formula is C19H16F3N7OS2. The lowest BCUT2D eigenvalue weighted by Gasteiger charge is -2.12. The number of hydrogen-bond acceptors (Lipinski definition) is 8. The summed E-state index contributed by atoms with van der Waals surface area (Å²) >= 11 is 1.35. The highest BCUT2D eigenvalue weighted by atomic mass is 32.2. The number of halogens is 3. The summed E-state index contributed by atoms with van der Waals surface area (Å²) in [6, 6.07) is 7.70.